The van der Waals surface area contributed by atoms with Crippen molar-refractivity contribution < 1.29 is 24.0 Å². The second-order valence-electron chi connectivity index (χ2n) is 12.5. The first kappa shape index (κ1) is 23.0. The highest BCUT2D eigenvalue weighted by Crippen LogP contribution is 2.64. The molecule has 0 aromatic heterocycles. The Morgan fingerprint density at radius 1 is 1.06 bits per heavy atom. The Bertz CT molecular complexity index is 894. The van der Waals surface area contributed by atoms with Gasteiger partial charge < -0.3 is 15.2 Å². The average molecular weight is 470 g/mol. The van der Waals surface area contributed by atoms with E-state index in [-0.39, 0.29) is 11.5 Å². The zero-order chi connectivity index (χ0) is 23.6. The van der Waals surface area contributed by atoms with E-state index in [1.807, 2.05) is 26.0 Å². The summed E-state index contributed by atoms with van der Waals surface area (Å²) in [5.74, 6) is 2.25. The summed E-state index contributed by atoms with van der Waals surface area (Å²) < 4.78 is 12.4. The molecule has 186 valence electrons. The van der Waals surface area contributed by atoms with Gasteiger partial charge in [0.1, 0.15) is 5.75 Å². The Balaban J connectivity index is 1.10. The van der Waals surface area contributed by atoms with Crippen molar-refractivity contribution >= 4 is 5.97 Å². The Morgan fingerprint density at radius 2 is 1.74 bits per heavy atom. The van der Waals surface area contributed by atoms with Crippen LogP contribution in [0, 0.1) is 23.7 Å². The number of carbonyl (C=O) groups is 1. The van der Waals surface area contributed by atoms with E-state index in [4.69, 9.17) is 25.0 Å². The molecule has 0 amide bonds. The first-order chi connectivity index (χ1) is 16.2. The zero-order valence-electron chi connectivity index (χ0n) is 20.6. The summed E-state index contributed by atoms with van der Waals surface area (Å²) in [5, 5.41) is 0. The van der Waals surface area contributed by atoms with Gasteiger partial charge in [0.25, 0.3) is 0 Å². The molecular weight excluding hydrogens is 430 g/mol. The molecule has 7 rings (SSSR count). The molecule has 0 radical (unpaired) electrons. The van der Waals surface area contributed by atoms with E-state index in [2.05, 4.69) is 12.1 Å². The second kappa shape index (κ2) is 8.29. The van der Waals surface area contributed by atoms with Gasteiger partial charge in [-0.05, 0) is 101 Å². The Labute approximate surface area is 202 Å². The number of benzene rings is 1. The van der Waals surface area contributed by atoms with Gasteiger partial charge in [0.05, 0.1) is 0 Å². The normalized spacial score (nSPS) is 40.9. The smallest absolute Gasteiger partial charge is 0.311 e. The molecule has 5 aliphatic carbocycles. The van der Waals surface area contributed by atoms with Gasteiger partial charge in [0.2, 0.25) is 11.6 Å². The standard InChI is InChI=1S/C28H39NO5/c1-26(2,29)11-9-25(30)31-24-7-5-20(6-8-24)21-4-3-10-27(17-21)32-28(34-33-27)22-13-18-12-19(15-22)16-23(28)14-18/h5-8,18-19,21-23H,3-4,9-17,29H2,1-2H3/t18?,19?,21?,22?,23?,27-,28?/m1/s1. The third kappa shape index (κ3) is 4.21. The topological polar surface area (TPSA) is 80.0 Å². The van der Waals surface area contributed by atoms with Gasteiger partial charge in [-0.2, -0.15) is 9.78 Å². The van der Waals surface area contributed by atoms with Crippen molar-refractivity contribution in [1.82, 2.24) is 0 Å². The quantitative estimate of drug-likeness (QED) is 0.344. The predicted octanol–water partition coefficient (Wildman–Crippen LogP) is 5.59. The summed E-state index contributed by atoms with van der Waals surface area (Å²) in [6, 6.07) is 7.95. The Kier molecular flexibility index (Phi) is 5.60. The average Bonchev–Trinajstić information content (AvgIpc) is 3.15. The second-order valence-corrected chi connectivity index (χ2v) is 12.5. The number of ether oxygens (including phenoxy) is 2. The molecule has 6 nitrogen and oxygen atoms in total. The molecule has 5 saturated carbocycles. The van der Waals surface area contributed by atoms with Crippen molar-refractivity contribution in [2.24, 2.45) is 29.4 Å². The molecule has 2 atom stereocenters. The molecule has 4 bridgehead atoms. The van der Waals surface area contributed by atoms with Crippen LogP contribution in [-0.4, -0.2) is 23.1 Å². The maximum atomic E-state index is 12.1. The van der Waals surface area contributed by atoms with Gasteiger partial charge in [0, 0.05) is 36.6 Å². The molecule has 1 heterocycles. The van der Waals surface area contributed by atoms with Gasteiger partial charge in [-0.25, -0.2) is 0 Å². The lowest BCUT2D eigenvalue weighted by molar-refractivity contribution is -0.390. The molecule has 6 aliphatic rings. The number of nitrogens with two attached hydrogens (primary N) is 1. The Hall–Kier alpha value is -1.47. The largest absolute Gasteiger partial charge is 0.427 e. The molecular formula is C28H39NO5. The monoisotopic (exact) mass is 469 g/mol. The fourth-order valence-corrected chi connectivity index (χ4v) is 7.67. The lowest BCUT2D eigenvalue weighted by atomic mass is 9.53. The predicted molar refractivity (Wildman–Crippen MR) is 127 cm³/mol. The molecule has 2 spiro atoms. The number of rotatable bonds is 5. The van der Waals surface area contributed by atoms with Gasteiger partial charge in [0.15, 0.2) is 0 Å². The highest BCUT2D eigenvalue weighted by molar-refractivity contribution is 5.72. The zero-order valence-corrected chi connectivity index (χ0v) is 20.6. The number of esters is 1. The van der Waals surface area contributed by atoms with Crippen LogP contribution in [-0.2, 0) is 19.3 Å². The van der Waals surface area contributed by atoms with Crippen LogP contribution in [0.15, 0.2) is 24.3 Å². The van der Waals surface area contributed by atoms with Crippen LogP contribution in [0.1, 0.15) is 96.0 Å². The van der Waals surface area contributed by atoms with E-state index in [0.29, 0.717) is 36.3 Å². The number of carbonyl (C=O) groups excluding carboxylic acids is 1. The van der Waals surface area contributed by atoms with Crippen molar-refractivity contribution in [2.75, 3.05) is 0 Å². The van der Waals surface area contributed by atoms with E-state index in [9.17, 15) is 4.79 Å². The summed E-state index contributed by atoms with van der Waals surface area (Å²) in [7, 11) is 0. The van der Waals surface area contributed by atoms with Crippen LogP contribution >= 0.6 is 0 Å². The van der Waals surface area contributed by atoms with E-state index < -0.39 is 11.6 Å². The number of hydrogen-bond acceptors (Lipinski definition) is 6. The van der Waals surface area contributed by atoms with Crippen LogP contribution in [0.3, 0.4) is 0 Å². The van der Waals surface area contributed by atoms with Crippen LogP contribution in [0.5, 0.6) is 5.75 Å². The van der Waals surface area contributed by atoms with Crippen LogP contribution in [0.4, 0.5) is 0 Å². The lowest BCUT2D eigenvalue weighted by Gasteiger charge is -2.57. The molecule has 1 aliphatic heterocycles. The van der Waals surface area contributed by atoms with E-state index in [1.54, 1.807) is 0 Å². The minimum Gasteiger partial charge on any atom is -0.427 e. The third-order valence-electron chi connectivity index (χ3n) is 9.17. The maximum absolute atomic E-state index is 12.1. The molecule has 2 N–H and O–H groups in total. The molecule has 34 heavy (non-hydrogen) atoms. The minimum absolute atomic E-state index is 0.242. The van der Waals surface area contributed by atoms with Crippen LogP contribution < -0.4 is 10.5 Å². The van der Waals surface area contributed by atoms with Gasteiger partial charge in [-0.15, -0.1) is 0 Å². The summed E-state index contributed by atoms with van der Waals surface area (Å²) in [5.41, 5.74) is 6.84. The van der Waals surface area contributed by atoms with Gasteiger partial charge in [-0.3, -0.25) is 4.79 Å². The first-order valence-corrected chi connectivity index (χ1v) is 13.4. The van der Waals surface area contributed by atoms with Crippen molar-refractivity contribution in [3.05, 3.63) is 29.8 Å². The van der Waals surface area contributed by atoms with E-state index in [1.165, 1.54) is 37.7 Å². The highest BCUT2D eigenvalue weighted by Gasteiger charge is 2.67. The van der Waals surface area contributed by atoms with Crippen LogP contribution in [0.2, 0.25) is 0 Å². The maximum Gasteiger partial charge on any atom is 0.311 e. The number of hydrogen-bond donors (Lipinski definition) is 1. The van der Waals surface area contributed by atoms with Gasteiger partial charge in [-0.1, -0.05) is 12.1 Å². The first-order valence-electron chi connectivity index (χ1n) is 13.4. The summed E-state index contributed by atoms with van der Waals surface area (Å²) in [6.45, 7) is 3.83. The molecule has 1 unspecified atom stereocenters. The van der Waals surface area contributed by atoms with Crippen molar-refractivity contribution in [3.8, 4) is 5.75 Å². The fraction of sp³-hybridized carbons (Fsp3) is 0.750. The van der Waals surface area contributed by atoms with E-state index >= 15 is 0 Å². The SMILES string of the molecule is CC(C)(N)CCC(=O)Oc1ccc(C2CCC[C@]3(C2)OOC2(O3)C3CC4CC(C3)CC2C4)cc1. The van der Waals surface area contributed by atoms with Gasteiger partial charge >= 0.3 is 5.97 Å². The minimum atomic E-state index is -0.627. The summed E-state index contributed by atoms with van der Waals surface area (Å²) in [4.78, 5) is 24.5. The molecule has 1 saturated heterocycles. The van der Waals surface area contributed by atoms with Crippen LogP contribution in [0.25, 0.3) is 0 Å². The molecule has 6 fully saturated rings. The lowest BCUT2D eigenvalue weighted by Crippen LogP contribution is -2.59. The van der Waals surface area contributed by atoms with E-state index in [0.717, 1.165) is 37.5 Å². The Morgan fingerprint density at radius 3 is 2.38 bits per heavy atom. The molecule has 1 aromatic rings. The highest BCUT2D eigenvalue weighted by atomic mass is 17.3. The third-order valence-corrected chi connectivity index (χ3v) is 9.17. The fourth-order valence-electron chi connectivity index (χ4n) is 7.67. The summed E-state index contributed by atoms with van der Waals surface area (Å²) in [6.07, 6.45) is 11.1. The molecule has 6 heteroatoms. The summed E-state index contributed by atoms with van der Waals surface area (Å²) >= 11 is 0. The van der Waals surface area contributed by atoms with Crippen molar-refractivity contribution in [1.29, 1.82) is 0 Å². The molecule has 1 aromatic carbocycles. The van der Waals surface area contributed by atoms with Crippen molar-refractivity contribution in [2.45, 2.75) is 108 Å². The van der Waals surface area contributed by atoms with Crippen molar-refractivity contribution in [3.63, 3.8) is 0 Å².